The molecule has 0 bridgehead atoms. The molecule has 2 amide bonds. The van der Waals surface area contributed by atoms with Gasteiger partial charge in [-0.1, -0.05) is 53.5 Å². The van der Waals surface area contributed by atoms with Crippen LogP contribution in [0.25, 0.3) is 0 Å². The number of guanidine groups is 1. The van der Waals surface area contributed by atoms with Crippen molar-refractivity contribution in [3.8, 4) is 0 Å². The zero-order chi connectivity index (χ0) is 25.3. The highest BCUT2D eigenvalue weighted by atomic mass is 35.5. The molecule has 0 aliphatic rings. The van der Waals surface area contributed by atoms with Gasteiger partial charge in [0.05, 0.1) is 14.9 Å². The number of hydrogen-bond donors (Lipinski definition) is 5. The third-order valence-electron chi connectivity index (χ3n) is 4.70. The molecular weight excluding hydrogens is 503 g/mol. The highest BCUT2D eigenvalue weighted by Gasteiger charge is 2.29. The molecule has 2 aromatic carbocycles. The molecule has 2 atom stereocenters. The third-order valence-corrected chi connectivity index (χ3v) is 6.91. The van der Waals surface area contributed by atoms with E-state index in [0.717, 1.165) is 5.56 Å². The third kappa shape index (κ3) is 8.49. The summed E-state index contributed by atoms with van der Waals surface area (Å²) in [7, 11) is -4.17. The van der Waals surface area contributed by atoms with Gasteiger partial charge in [-0.05, 0) is 36.6 Å². The maximum atomic E-state index is 13.0. The van der Waals surface area contributed by atoms with Crippen LogP contribution in [0.1, 0.15) is 18.4 Å². The molecule has 0 heterocycles. The highest BCUT2D eigenvalue weighted by Crippen LogP contribution is 2.25. The van der Waals surface area contributed by atoms with Gasteiger partial charge in [-0.15, -0.1) is 0 Å². The van der Waals surface area contributed by atoms with Crippen LogP contribution in [-0.4, -0.2) is 44.8 Å². The Kier molecular flexibility index (Phi) is 10.1. The second kappa shape index (κ2) is 12.6. The molecule has 0 spiro atoms. The number of sulfonamides is 1. The number of primary amides is 1. The average molecular weight is 529 g/mol. The molecule has 0 fully saturated rings. The average Bonchev–Trinajstić information content (AvgIpc) is 2.77. The van der Waals surface area contributed by atoms with Crippen molar-refractivity contribution < 1.29 is 18.0 Å². The molecule has 0 aliphatic heterocycles. The summed E-state index contributed by atoms with van der Waals surface area (Å²) in [6.07, 6.45) is 0.460. The van der Waals surface area contributed by atoms with Crippen LogP contribution < -0.4 is 27.2 Å². The van der Waals surface area contributed by atoms with Crippen molar-refractivity contribution in [1.82, 2.24) is 10.0 Å². The number of nitrogens with zero attached hydrogens (tertiary/aromatic N) is 1. The minimum atomic E-state index is -4.17. The standard InChI is InChI=1S/C21H26Cl2N6O4S/c22-15-9-8-14(12-16(15)23)34(32,33)29-17(7-4-10-27-21(25)26)20(31)28-18(19(24)30)11-13-5-2-1-3-6-13/h1-3,5-6,8-9,12,17-18,29H,4,7,10-11H2,(H2,24,30)(H,28,31)(H4,25,26,27)/t17-,18-/m0/s1. The second-order valence-electron chi connectivity index (χ2n) is 7.35. The Morgan fingerprint density at radius 3 is 2.24 bits per heavy atom. The number of amides is 2. The summed E-state index contributed by atoms with van der Waals surface area (Å²) in [5.41, 5.74) is 16.9. The first kappa shape index (κ1) is 27.4. The van der Waals surface area contributed by atoms with Gasteiger partial charge in [-0.25, -0.2) is 8.42 Å². The number of aliphatic imine (C=N–C) groups is 1. The fourth-order valence-corrected chi connectivity index (χ4v) is 4.61. The molecule has 184 valence electrons. The molecule has 0 saturated carbocycles. The quantitative estimate of drug-likeness (QED) is 0.155. The van der Waals surface area contributed by atoms with E-state index in [9.17, 15) is 18.0 Å². The van der Waals surface area contributed by atoms with Crippen LogP contribution in [-0.2, 0) is 26.0 Å². The van der Waals surface area contributed by atoms with E-state index in [-0.39, 0.29) is 46.7 Å². The SMILES string of the molecule is NC(=O)[C@H](Cc1ccccc1)NC(=O)[C@H](CCCN=C(N)N)NS(=O)(=O)c1ccc(Cl)c(Cl)c1. The molecule has 2 aromatic rings. The lowest BCUT2D eigenvalue weighted by Gasteiger charge is -2.22. The Hall–Kier alpha value is -2.86. The molecule has 34 heavy (non-hydrogen) atoms. The number of halogens is 2. The summed E-state index contributed by atoms with van der Waals surface area (Å²) in [5.74, 6) is -1.62. The Morgan fingerprint density at radius 1 is 0.971 bits per heavy atom. The Morgan fingerprint density at radius 2 is 1.65 bits per heavy atom. The van der Waals surface area contributed by atoms with Gasteiger partial charge in [0, 0.05) is 13.0 Å². The molecule has 0 aromatic heterocycles. The molecular formula is C21H26Cl2N6O4S. The van der Waals surface area contributed by atoms with E-state index in [1.807, 2.05) is 6.07 Å². The Labute approximate surface area is 207 Å². The van der Waals surface area contributed by atoms with Crippen molar-refractivity contribution in [2.75, 3.05) is 6.54 Å². The monoisotopic (exact) mass is 528 g/mol. The molecule has 0 saturated heterocycles. The van der Waals surface area contributed by atoms with Gasteiger partial charge in [0.2, 0.25) is 21.8 Å². The van der Waals surface area contributed by atoms with E-state index in [1.165, 1.54) is 18.2 Å². The van der Waals surface area contributed by atoms with E-state index >= 15 is 0 Å². The van der Waals surface area contributed by atoms with Crippen LogP contribution in [0.3, 0.4) is 0 Å². The zero-order valence-electron chi connectivity index (χ0n) is 18.1. The molecule has 2 rings (SSSR count). The smallest absolute Gasteiger partial charge is 0.241 e. The summed E-state index contributed by atoms with van der Waals surface area (Å²) < 4.78 is 28.2. The van der Waals surface area contributed by atoms with Crippen molar-refractivity contribution >= 4 is 51.0 Å². The molecule has 13 heteroatoms. The number of carbonyl (C=O) groups excluding carboxylic acids is 2. The molecule has 10 nitrogen and oxygen atoms in total. The first-order valence-corrected chi connectivity index (χ1v) is 12.4. The fourth-order valence-electron chi connectivity index (χ4n) is 2.99. The summed E-state index contributed by atoms with van der Waals surface area (Å²) in [6.45, 7) is 0.171. The topological polar surface area (TPSA) is 183 Å². The maximum Gasteiger partial charge on any atom is 0.241 e. The molecule has 0 aliphatic carbocycles. The van der Waals surface area contributed by atoms with Crippen molar-refractivity contribution in [2.45, 2.75) is 36.2 Å². The zero-order valence-corrected chi connectivity index (χ0v) is 20.4. The van der Waals surface area contributed by atoms with Gasteiger partial charge >= 0.3 is 0 Å². The van der Waals surface area contributed by atoms with Gasteiger partial charge in [-0.3, -0.25) is 14.6 Å². The van der Waals surface area contributed by atoms with Crippen molar-refractivity contribution in [3.05, 3.63) is 64.1 Å². The number of hydrogen-bond acceptors (Lipinski definition) is 5. The van der Waals surface area contributed by atoms with Crippen molar-refractivity contribution in [3.63, 3.8) is 0 Å². The molecule has 8 N–H and O–H groups in total. The lowest BCUT2D eigenvalue weighted by atomic mass is 10.0. The summed E-state index contributed by atoms with van der Waals surface area (Å²) in [5, 5.41) is 2.75. The molecule has 0 unspecified atom stereocenters. The van der Waals surface area contributed by atoms with Crippen molar-refractivity contribution in [1.29, 1.82) is 0 Å². The Bertz CT molecular complexity index is 1140. The van der Waals surface area contributed by atoms with Crippen LogP contribution in [0.4, 0.5) is 0 Å². The van der Waals surface area contributed by atoms with Gasteiger partial charge in [0.1, 0.15) is 12.1 Å². The van der Waals surface area contributed by atoms with Crippen LogP contribution in [0.2, 0.25) is 10.0 Å². The Balaban J connectivity index is 2.23. The van der Waals surface area contributed by atoms with Crippen LogP contribution >= 0.6 is 23.2 Å². The largest absolute Gasteiger partial charge is 0.370 e. The van der Waals surface area contributed by atoms with Crippen LogP contribution in [0, 0.1) is 0 Å². The fraction of sp³-hybridized carbons (Fsp3) is 0.286. The first-order chi connectivity index (χ1) is 16.0. The number of carbonyl (C=O) groups is 2. The minimum absolute atomic E-state index is 0.0370. The van der Waals surface area contributed by atoms with E-state index in [1.54, 1.807) is 24.3 Å². The van der Waals surface area contributed by atoms with E-state index < -0.39 is 33.9 Å². The lowest BCUT2D eigenvalue weighted by Crippen LogP contribution is -2.53. The lowest BCUT2D eigenvalue weighted by molar-refractivity contribution is -0.128. The predicted molar refractivity (Wildman–Crippen MR) is 132 cm³/mol. The first-order valence-electron chi connectivity index (χ1n) is 10.2. The van der Waals surface area contributed by atoms with E-state index in [4.69, 9.17) is 40.4 Å². The predicted octanol–water partition coefficient (Wildman–Crippen LogP) is 0.907. The number of nitrogens with one attached hydrogen (secondary N) is 2. The minimum Gasteiger partial charge on any atom is -0.370 e. The van der Waals surface area contributed by atoms with E-state index in [0.29, 0.717) is 0 Å². The number of benzene rings is 2. The maximum absolute atomic E-state index is 13.0. The van der Waals surface area contributed by atoms with Gasteiger partial charge in [0.15, 0.2) is 5.96 Å². The number of nitrogens with two attached hydrogens (primary N) is 3. The number of rotatable bonds is 12. The summed E-state index contributed by atoms with van der Waals surface area (Å²) in [6, 6.07) is 10.4. The highest BCUT2D eigenvalue weighted by molar-refractivity contribution is 7.89. The van der Waals surface area contributed by atoms with E-state index in [2.05, 4.69) is 15.0 Å². The molecule has 0 radical (unpaired) electrons. The van der Waals surface area contributed by atoms with Gasteiger partial charge < -0.3 is 22.5 Å². The normalized spacial score (nSPS) is 13.0. The second-order valence-corrected chi connectivity index (χ2v) is 9.88. The van der Waals surface area contributed by atoms with Gasteiger partial charge in [0.25, 0.3) is 0 Å². The van der Waals surface area contributed by atoms with Crippen molar-refractivity contribution in [2.24, 2.45) is 22.2 Å². The summed E-state index contributed by atoms with van der Waals surface area (Å²) >= 11 is 11.8. The van der Waals surface area contributed by atoms with Gasteiger partial charge in [-0.2, -0.15) is 4.72 Å². The summed E-state index contributed by atoms with van der Waals surface area (Å²) in [4.78, 5) is 28.7. The van der Waals surface area contributed by atoms with Crippen LogP contribution in [0.15, 0.2) is 58.4 Å². The van der Waals surface area contributed by atoms with Crippen LogP contribution in [0.5, 0.6) is 0 Å².